The van der Waals surface area contributed by atoms with Crippen molar-refractivity contribution in [2.75, 3.05) is 19.6 Å². The average Bonchev–Trinajstić information content (AvgIpc) is 2.84. The Balaban J connectivity index is 0.00000225. The Labute approximate surface area is 158 Å². The van der Waals surface area contributed by atoms with E-state index in [1.165, 1.54) is 12.3 Å². The zero-order valence-electron chi connectivity index (χ0n) is 13.3. The maximum atomic E-state index is 14.0. The van der Waals surface area contributed by atoms with Gasteiger partial charge in [-0.1, -0.05) is 15.9 Å². The first-order chi connectivity index (χ1) is 11.4. The first-order valence-corrected chi connectivity index (χ1v) is 8.60. The van der Waals surface area contributed by atoms with Gasteiger partial charge in [0.15, 0.2) is 6.10 Å². The van der Waals surface area contributed by atoms with E-state index in [4.69, 9.17) is 4.74 Å². The molecule has 1 aliphatic carbocycles. The van der Waals surface area contributed by atoms with E-state index >= 15 is 0 Å². The lowest BCUT2D eigenvalue weighted by atomic mass is 9.99. The highest BCUT2D eigenvalue weighted by Crippen LogP contribution is 2.37. The van der Waals surface area contributed by atoms with E-state index in [1.54, 1.807) is 4.90 Å². The van der Waals surface area contributed by atoms with Gasteiger partial charge in [0.2, 0.25) is 12.5 Å². The number of halogens is 3. The Bertz CT molecular complexity index is 633. The molecule has 2 fully saturated rings. The molecule has 138 valence electrons. The van der Waals surface area contributed by atoms with Crippen LogP contribution < -0.4 is 0 Å². The number of piperidine rings is 1. The fraction of sp³-hybridized carbons (Fsp3) is 0.600. The van der Waals surface area contributed by atoms with E-state index in [9.17, 15) is 19.3 Å². The molecule has 1 saturated carbocycles. The first-order valence-electron chi connectivity index (χ1n) is 7.81. The number of pyridine rings is 1. The number of hydrogen-bond donors (Lipinski definition) is 0. The number of ether oxygens (including phenoxy) is 1. The van der Waals surface area contributed by atoms with E-state index in [0.29, 0.717) is 24.9 Å². The second-order valence-electron chi connectivity index (χ2n) is 6.34. The molecule has 1 aliphatic heterocycles. The lowest BCUT2D eigenvalue weighted by molar-refractivity contribution is -0.491. The van der Waals surface area contributed by atoms with Gasteiger partial charge in [0.05, 0.1) is 5.56 Å². The van der Waals surface area contributed by atoms with Crippen molar-refractivity contribution >= 4 is 34.4 Å². The summed E-state index contributed by atoms with van der Waals surface area (Å²) in [5, 5.41) is 10.9. The lowest BCUT2D eigenvalue weighted by Crippen LogP contribution is -2.42. The number of hydrogen-bond acceptors (Lipinski definition) is 5. The highest BCUT2D eigenvalue weighted by atomic mass is 79.9. The molecular formula is C15H18BrClFN3O4. The third-order valence-electron chi connectivity index (χ3n) is 4.63. The van der Waals surface area contributed by atoms with Gasteiger partial charge in [-0.15, -0.1) is 12.4 Å². The van der Waals surface area contributed by atoms with Gasteiger partial charge in [-0.25, -0.2) is 9.78 Å². The van der Waals surface area contributed by atoms with Crippen molar-refractivity contribution < 1.29 is 18.8 Å². The predicted octanol–water partition coefficient (Wildman–Crippen LogP) is 3.59. The minimum Gasteiger partial charge on any atom is -0.434 e. The van der Waals surface area contributed by atoms with Crippen LogP contribution >= 0.6 is 28.3 Å². The summed E-state index contributed by atoms with van der Waals surface area (Å²) in [6.45, 7) is 0.474. The quantitative estimate of drug-likeness (QED) is 0.407. The molecule has 2 heterocycles. The van der Waals surface area contributed by atoms with Crippen LogP contribution in [0.1, 0.15) is 30.9 Å². The zero-order chi connectivity index (χ0) is 17.3. The number of nitro groups is 1. The standard InChI is InChI=1S/C15H17BrFN3O4.ClH/c16-11-3-4-18-14(17)13(11)12(8-20(22)23)24-15(21)19-6-9-1-2-10(5-9)7-19;/h3-4,9-10,12H,1-2,5-8H2;1H. The molecule has 3 unspecified atom stereocenters. The van der Waals surface area contributed by atoms with Gasteiger partial charge in [-0.3, -0.25) is 10.1 Å². The van der Waals surface area contributed by atoms with Crippen molar-refractivity contribution in [3.8, 4) is 0 Å². The Morgan fingerprint density at radius 1 is 1.48 bits per heavy atom. The number of carbonyl (C=O) groups is 1. The van der Waals surface area contributed by atoms with E-state index in [2.05, 4.69) is 20.9 Å². The molecule has 1 aromatic heterocycles. The van der Waals surface area contributed by atoms with Crippen LogP contribution in [0.4, 0.5) is 9.18 Å². The third kappa shape index (κ3) is 4.58. The number of aromatic nitrogens is 1. The van der Waals surface area contributed by atoms with Crippen molar-refractivity contribution in [3.63, 3.8) is 0 Å². The first kappa shape index (κ1) is 19.8. The Hall–Kier alpha value is -1.48. The molecule has 0 N–H and O–H groups in total. The highest BCUT2D eigenvalue weighted by Gasteiger charge is 2.37. The molecule has 0 aromatic carbocycles. The van der Waals surface area contributed by atoms with Gasteiger partial charge >= 0.3 is 6.09 Å². The number of carbonyl (C=O) groups excluding carboxylic acids is 1. The Morgan fingerprint density at radius 2 is 2.12 bits per heavy atom. The minimum atomic E-state index is -1.32. The summed E-state index contributed by atoms with van der Waals surface area (Å²) >= 11 is 3.15. The van der Waals surface area contributed by atoms with Crippen molar-refractivity contribution in [3.05, 3.63) is 38.4 Å². The summed E-state index contributed by atoms with van der Waals surface area (Å²) in [7, 11) is 0. The van der Waals surface area contributed by atoms with Crippen LogP contribution in [0.2, 0.25) is 0 Å². The van der Waals surface area contributed by atoms with Gasteiger partial charge in [-0.2, -0.15) is 4.39 Å². The molecule has 3 atom stereocenters. The molecule has 3 rings (SSSR count). The van der Waals surface area contributed by atoms with Crippen LogP contribution in [0.5, 0.6) is 0 Å². The maximum absolute atomic E-state index is 14.0. The van der Waals surface area contributed by atoms with Gasteiger partial charge in [0, 0.05) is 28.7 Å². The van der Waals surface area contributed by atoms with E-state index < -0.39 is 29.6 Å². The van der Waals surface area contributed by atoms with Gasteiger partial charge < -0.3 is 9.64 Å². The molecule has 1 saturated heterocycles. The summed E-state index contributed by atoms with van der Waals surface area (Å²) in [6, 6.07) is 1.46. The average molecular weight is 439 g/mol. The third-order valence-corrected chi connectivity index (χ3v) is 5.32. The maximum Gasteiger partial charge on any atom is 0.410 e. The van der Waals surface area contributed by atoms with Crippen molar-refractivity contribution in [1.29, 1.82) is 0 Å². The van der Waals surface area contributed by atoms with Crippen LogP contribution in [0, 0.1) is 27.9 Å². The van der Waals surface area contributed by atoms with Crippen molar-refractivity contribution in [2.24, 2.45) is 11.8 Å². The lowest BCUT2D eigenvalue weighted by Gasteiger charge is -2.32. The second kappa shape index (κ2) is 8.27. The molecule has 2 bridgehead atoms. The smallest absolute Gasteiger partial charge is 0.410 e. The fourth-order valence-electron chi connectivity index (χ4n) is 3.59. The van der Waals surface area contributed by atoms with Crippen LogP contribution in [0.15, 0.2) is 16.7 Å². The van der Waals surface area contributed by atoms with Crippen LogP contribution in [0.3, 0.4) is 0 Å². The molecule has 1 aromatic rings. The summed E-state index contributed by atoms with van der Waals surface area (Å²) in [6.07, 6.45) is 2.58. The Kier molecular flexibility index (Phi) is 6.56. The molecule has 25 heavy (non-hydrogen) atoms. The summed E-state index contributed by atoms with van der Waals surface area (Å²) < 4.78 is 19.6. The van der Waals surface area contributed by atoms with Crippen molar-refractivity contribution in [2.45, 2.75) is 25.4 Å². The second-order valence-corrected chi connectivity index (χ2v) is 7.19. The normalized spacial score (nSPS) is 22.9. The van der Waals surface area contributed by atoms with Crippen molar-refractivity contribution in [1.82, 2.24) is 9.88 Å². The van der Waals surface area contributed by atoms with E-state index in [-0.39, 0.29) is 22.4 Å². The molecule has 0 radical (unpaired) electrons. The predicted molar refractivity (Wildman–Crippen MR) is 92.6 cm³/mol. The number of rotatable bonds is 4. The number of fused-ring (bicyclic) bond motifs is 2. The monoisotopic (exact) mass is 437 g/mol. The molecular weight excluding hydrogens is 421 g/mol. The van der Waals surface area contributed by atoms with Crippen LogP contribution in [-0.2, 0) is 4.74 Å². The SMILES string of the molecule is Cl.O=C(OC(C[N+](=O)[O-])c1c(Br)ccnc1F)N1CC2CCC(C2)C1. The minimum absolute atomic E-state index is 0. The zero-order valence-corrected chi connectivity index (χ0v) is 15.7. The molecule has 2 aliphatic rings. The molecule has 0 spiro atoms. The van der Waals surface area contributed by atoms with Gasteiger partial charge in [-0.05, 0) is 37.2 Å². The summed E-state index contributed by atoms with van der Waals surface area (Å²) in [5.74, 6) is 0.0435. The largest absolute Gasteiger partial charge is 0.434 e. The Morgan fingerprint density at radius 3 is 2.68 bits per heavy atom. The number of amides is 1. The highest BCUT2D eigenvalue weighted by molar-refractivity contribution is 9.10. The molecule has 7 nitrogen and oxygen atoms in total. The fourth-order valence-corrected chi connectivity index (χ4v) is 4.13. The van der Waals surface area contributed by atoms with E-state index in [0.717, 1.165) is 19.3 Å². The topological polar surface area (TPSA) is 85.6 Å². The summed E-state index contributed by atoms with van der Waals surface area (Å²) in [5.41, 5.74) is -0.109. The van der Waals surface area contributed by atoms with Crippen LogP contribution in [0.25, 0.3) is 0 Å². The summed E-state index contributed by atoms with van der Waals surface area (Å²) in [4.78, 5) is 27.8. The molecule has 10 heteroatoms. The van der Waals surface area contributed by atoms with Gasteiger partial charge in [0.1, 0.15) is 0 Å². The van der Waals surface area contributed by atoms with Gasteiger partial charge in [0.25, 0.3) is 0 Å². The number of nitrogens with zero attached hydrogens (tertiary/aromatic N) is 3. The van der Waals surface area contributed by atoms with E-state index in [1.807, 2.05) is 0 Å². The molecule has 1 amide bonds. The number of likely N-dealkylation sites (tertiary alicyclic amines) is 1. The van der Waals surface area contributed by atoms with Crippen LogP contribution in [-0.4, -0.2) is 40.5 Å².